The Morgan fingerprint density at radius 3 is 2.34 bits per heavy atom. The Kier molecular flexibility index (Phi) is 6.80. The summed E-state index contributed by atoms with van der Waals surface area (Å²) in [5.41, 5.74) is 0.214. The molecule has 2 aliphatic heterocycles. The van der Waals surface area contributed by atoms with E-state index >= 15 is 0 Å². The van der Waals surface area contributed by atoms with Crippen molar-refractivity contribution >= 4 is 21.4 Å². The van der Waals surface area contributed by atoms with Crippen LogP contribution in [0.15, 0.2) is 23.1 Å². The van der Waals surface area contributed by atoms with Crippen molar-refractivity contribution in [3.8, 4) is 0 Å². The number of hydrogen-bond donors (Lipinski definition) is 1. The summed E-state index contributed by atoms with van der Waals surface area (Å²) < 4.78 is 27.7. The standard InChI is InChI=1S/C20H32N4O4S/c1-4-22-9-7-17(8-10-22)21-19-6-5-18(12-20(19)24(25)26)29(27,28)23-13-15(2)11-16(3)14-23/h5-6,12,15-17,21H,4,7-11,13-14H2,1-3H3/t15-,16+. The third-order valence-corrected chi connectivity index (χ3v) is 7.86. The molecule has 2 heterocycles. The molecule has 0 aromatic heterocycles. The molecule has 0 amide bonds. The molecule has 29 heavy (non-hydrogen) atoms. The van der Waals surface area contributed by atoms with E-state index in [4.69, 9.17) is 0 Å². The second-order valence-corrected chi connectivity index (χ2v) is 10.5. The van der Waals surface area contributed by atoms with Gasteiger partial charge in [-0.1, -0.05) is 20.8 Å². The molecule has 0 saturated carbocycles. The molecule has 0 aliphatic carbocycles. The fraction of sp³-hybridized carbons (Fsp3) is 0.700. The van der Waals surface area contributed by atoms with Crippen molar-refractivity contribution < 1.29 is 13.3 Å². The van der Waals surface area contributed by atoms with Gasteiger partial charge in [-0.05, 0) is 49.8 Å². The van der Waals surface area contributed by atoms with E-state index in [1.165, 1.54) is 16.4 Å². The van der Waals surface area contributed by atoms with E-state index in [0.29, 0.717) is 18.8 Å². The monoisotopic (exact) mass is 424 g/mol. The van der Waals surface area contributed by atoms with Crippen molar-refractivity contribution in [1.82, 2.24) is 9.21 Å². The van der Waals surface area contributed by atoms with Gasteiger partial charge in [0.25, 0.3) is 5.69 Å². The number of sulfonamides is 1. The molecule has 2 fully saturated rings. The molecule has 1 aromatic carbocycles. The Morgan fingerprint density at radius 1 is 1.17 bits per heavy atom. The van der Waals surface area contributed by atoms with Crippen LogP contribution in [0.4, 0.5) is 11.4 Å². The summed E-state index contributed by atoms with van der Waals surface area (Å²) in [5.74, 6) is 0.553. The van der Waals surface area contributed by atoms with Gasteiger partial charge < -0.3 is 10.2 Å². The van der Waals surface area contributed by atoms with Gasteiger partial charge in [0.15, 0.2) is 0 Å². The predicted octanol–water partition coefficient (Wildman–Crippen LogP) is 3.16. The summed E-state index contributed by atoms with van der Waals surface area (Å²) in [7, 11) is -3.75. The highest BCUT2D eigenvalue weighted by Crippen LogP contribution is 2.32. The molecular weight excluding hydrogens is 392 g/mol. The number of nitro benzene ring substituents is 1. The van der Waals surface area contributed by atoms with Gasteiger partial charge in [0.2, 0.25) is 10.0 Å². The summed E-state index contributed by atoms with van der Waals surface area (Å²) in [6.07, 6.45) is 2.81. The predicted molar refractivity (Wildman–Crippen MR) is 114 cm³/mol. The zero-order valence-corrected chi connectivity index (χ0v) is 18.3. The minimum atomic E-state index is -3.75. The first-order valence-electron chi connectivity index (χ1n) is 10.5. The second kappa shape index (κ2) is 8.97. The number of nitro groups is 1. The minimum Gasteiger partial charge on any atom is -0.377 e. The van der Waals surface area contributed by atoms with Crippen LogP contribution in [0.3, 0.4) is 0 Å². The minimum absolute atomic E-state index is 0.00291. The van der Waals surface area contributed by atoms with E-state index in [-0.39, 0.29) is 28.5 Å². The average Bonchev–Trinajstić information content (AvgIpc) is 2.68. The molecule has 2 saturated heterocycles. The van der Waals surface area contributed by atoms with Crippen LogP contribution in [-0.4, -0.2) is 61.3 Å². The van der Waals surface area contributed by atoms with Gasteiger partial charge in [-0.3, -0.25) is 10.1 Å². The molecule has 0 bridgehead atoms. The highest BCUT2D eigenvalue weighted by atomic mass is 32.2. The summed E-state index contributed by atoms with van der Waals surface area (Å²) in [6.45, 7) is 10.0. The van der Waals surface area contributed by atoms with E-state index < -0.39 is 14.9 Å². The highest BCUT2D eigenvalue weighted by molar-refractivity contribution is 7.89. The Labute approximate surface area is 173 Å². The van der Waals surface area contributed by atoms with Crippen LogP contribution in [-0.2, 0) is 10.0 Å². The molecule has 9 heteroatoms. The third kappa shape index (κ3) is 5.07. The molecule has 2 atom stereocenters. The van der Waals surface area contributed by atoms with Crippen LogP contribution >= 0.6 is 0 Å². The normalized spacial score (nSPS) is 25.1. The maximum absolute atomic E-state index is 13.1. The van der Waals surface area contributed by atoms with Crippen molar-refractivity contribution in [2.24, 2.45) is 11.8 Å². The van der Waals surface area contributed by atoms with Crippen molar-refractivity contribution in [3.63, 3.8) is 0 Å². The Hall–Kier alpha value is -1.71. The van der Waals surface area contributed by atoms with Gasteiger partial charge in [-0.25, -0.2) is 8.42 Å². The van der Waals surface area contributed by atoms with E-state index in [1.54, 1.807) is 6.07 Å². The van der Waals surface area contributed by atoms with Crippen LogP contribution in [0.25, 0.3) is 0 Å². The molecule has 8 nitrogen and oxygen atoms in total. The molecule has 1 aromatic rings. The summed E-state index contributed by atoms with van der Waals surface area (Å²) in [6, 6.07) is 4.41. The summed E-state index contributed by atoms with van der Waals surface area (Å²) in [4.78, 5) is 13.5. The number of nitrogens with zero attached hydrogens (tertiary/aromatic N) is 3. The third-order valence-electron chi connectivity index (χ3n) is 6.03. The first-order valence-corrected chi connectivity index (χ1v) is 11.9. The van der Waals surface area contributed by atoms with Gasteiger partial charge in [0, 0.05) is 38.3 Å². The quantitative estimate of drug-likeness (QED) is 0.557. The van der Waals surface area contributed by atoms with Crippen LogP contribution in [0.1, 0.15) is 40.0 Å². The first-order chi connectivity index (χ1) is 13.7. The van der Waals surface area contributed by atoms with Gasteiger partial charge in [0.05, 0.1) is 9.82 Å². The number of rotatable bonds is 6. The number of anilines is 1. The van der Waals surface area contributed by atoms with Crippen molar-refractivity contribution in [3.05, 3.63) is 28.3 Å². The molecule has 162 valence electrons. The van der Waals surface area contributed by atoms with Crippen molar-refractivity contribution in [2.75, 3.05) is 38.0 Å². The van der Waals surface area contributed by atoms with Crippen LogP contribution in [0.5, 0.6) is 0 Å². The van der Waals surface area contributed by atoms with Crippen molar-refractivity contribution in [1.29, 1.82) is 0 Å². The lowest BCUT2D eigenvalue weighted by atomic mass is 9.94. The van der Waals surface area contributed by atoms with Crippen LogP contribution in [0.2, 0.25) is 0 Å². The van der Waals surface area contributed by atoms with Gasteiger partial charge in [0.1, 0.15) is 5.69 Å². The molecule has 1 N–H and O–H groups in total. The van der Waals surface area contributed by atoms with Gasteiger partial charge in [-0.15, -0.1) is 0 Å². The van der Waals surface area contributed by atoms with E-state index in [9.17, 15) is 18.5 Å². The SMILES string of the molecule is CCN1CCC(Nc2ccc(S(=O)(=O)N3C[C@H](C)C[C@H](C)C3)cc2[N+](=O)[O-])CC1. The van der Waals surface area contributed by atoms with E-state index in [0.717, 1.165) is 38.9 Å². The summed E-state index contributed by atoms with van der Waals surface area (Å²) >= 11 is 0. The topological polar surface area (TPSA) is 95.8 Å². The lowest BCUT2D eigenvalue weighted by molar-refractivity contribution is -0.384. The Bertz CT molecular complexity index is 827. The lowest BCUT2D eigenvalue weighted by Crippen LogP contribution is -2.42. The molecule has 0 unspecified atom stereocenters. The number of likely N-dealkylation sites (tertiary alicyclic amines) is 1. The van der Waals surface area contributed by atoms with Crippen LogP contribution in [0, 0.1) is 22.0 Å². The average molecular weight is 425 g/mol. The molecule has 3 rings (SSSR count). The Morgan fingerprint density at radius 2 is 1.79 bits per heavy atom. The fourth-order valence-corrected chi connectivity index (χ4v) is 6.21. The zero-order valence-electron chi connectivity index (χ0n) is 17.5. The van der Waals surface area contributed by atoms with E-state index in [1.807, 2.05) is 13.8 Å². The Balaban J connectivity index is 1.81. The van der Waals surface area contributed by atoms with Crippen molar-refractivity contribution in [2.45, 2.75) is 51.0 Å². The zero-order chi connectivity index (χ0) is 21.2. The number of hydrogen-bond acceptors (Lipinski definition) is 6. The maximum Gasteiger partial charge on any atom is 0.293 e. The number of piperidine rings is 2. The van der Waals surface area contributed by atoms with Gasteiger partial charge >= 0.3 is 0 Å². The maximum atomic E-state index is 13.1. The largest absolute Gasteiger partial charge is 0.377 e. The lowest BCUT2D eigenvalue weighted by Gasteiger charge is -2.34. The van der Waals surface area contributed by atoms with Crippen LogP contribution < -0.4 is 5.32 Å². The molecular formula is C20H32N4O4S. The molecule has 2 aliphatic rings. The number of benzene rings is 1. The first kappa shape index (κ1) is 22.0. The molecule has 0 radical (unpaired) electrons. The molecule has 0 spiro atoms. The van der Waals surface area contributed by atoms with Gasteiger partial charge in [-0.2, -0.15) is 4.31 Å². The highest BCUT2D eigenvalue weighted by Gasteiger charge is 2.33. The smallest absolute Gasteiger partial charge is 0.293 e. The summed E-state index contributed by atoms with van der Waals surface area (Å²) in [5, 5.41) is 14.9. The van der Waals surface area contributed by atoms with E-state index in [2.05, 4.69) is 17.1 Å². The number of nitrogens with one attached hydrogen (secondary N) is 1. The fourth-order valence-electron chi connectivity index (χ4n) is 4.51. The second-order valence-electron chi connectivity index (χ2n) is 8.56.